The van der Waals surface area contributed by atoms with Crippen LogP contribution in [0.2, 0.25) is 0 Å². The zero-order valence-electron chi connectivity index (χ0n) is 14.1. The van der Waals surface area contributed by atoms with E-state index in [1.165, 1.54) is 16.7 Å². The van der Waals surface area contributed by atoms with Crippen LogP contribution in [-0.2, 0) is 4.74 Å². The Morgan fingerprint density at radius 2 is 1.79 bits per heavy atom. The van der Waals surface area contributed by atoms with Gasteiger partial charge in [0.25, 0.3) is 0 Å². The normalized spacial score (nSPS) is 21.2. The quantitative estimate of drug-likeness (QED) is 0.803. The van der Waals surface area contributed by atoms with Gasteiger partial charge in [-0.25, -0.2) is 0 Å². The minimum Gasteiger partial charge on any atom is -0.388 e. The van der Waals surface area contributed by atoms with Crippen molar-refractivity contribution in [3.05, 3.63) is 89.5 Å². The van der Waals surface area contributed by atoms with Crippen molar-refractivity contribution < 1.29 is 9.84 Å². The fraction of sp³-hybridized carbons (Fsp3) is 0.273. The zero-order chi connectivity index (χ0) is 16.8. The van der Waals surface area contributed by atoms with E-state index in [9.17, 15) is 5.11 Å². The minimum atomic E-state index is -0.451. The summed E-state index contributed by atoms with van der Waals surface area (Å²) in [5, 5.41) is 10.3. The van der Waals surface area contributed by atoms with Gasteiger partial charge in [0.1, 0.15) is 0 Å². The third-order valence-electron chi connectivity index (χ3n) is 4.60. The summed E-state index contributed by atoms with van der Waals surface area (Å²) in [4.78, 5) is 0. The number of rotatable bonds is 5. The first-order chi connectivity index (χ1) is 11.8. The maximum atomic E-state index is 10.3. The number of hydrogen-bond donors (Lipinski definition) is 1. The average Bonchev–Trinajstić information content (AvgIpc) is 3.11. The Morgan fingerprint density at radius 1 is 1.12 bits per heavy atom. The highest BCUT2D eigenvalue weighted by molar-refractivity contribution is 5.68. The molecule has 2 aromatic carbocycles. The molecule has 0 amide bonds. The van der Waals surface area contributed by atoms with Crippen LogP contribution >= 0.6 is 0 Å². The minimum absolute atomic E-state index is 0.299. The van der Waals surface area contributed by atoms with E-state index in [1.54, 1.807) is 0 Å². The molecule has 1 fully saturated rings. The topological polar surface area (TPSA) is 29.5 Å². The number of ether oxygens (including phenoxy) is 1. The lowest BCUT2D eigenvalue weighted by Gasteiger charge is -2.11. The van der Waals surface area contributed by atoms with Crippen molar-refractivity contribution in [3.63, 3.8) is 0 Å². The van der Waals surface area contributed by atoms with Crippen molar-refractivity contribution in [2.24, 2.45) is 5.92 Å². The van der Waals surface area contributed by atoms with Crippen molar-refractivity contribution in [2.45, 2.75) is 19.4 Å². The van der Waals surface area contributed by atoms with Crippen LogP contribution in [0.25, 0.3) is 5.57 Å². The first kappa shape index (κ1) is 16.7. The molecule has 2 heteroatoms. The number of hydrogen-bond acceptors (Lipinski definition) is 2. The van der Waals surface area contributed by atoms with Gasteiger partial charge in [0.05, 0.1) is 19.3 Å². The van der Waals surface area contributed by atoms with Crippen LogP contribution in [0.5, 0.6) is 0 Å². The first-order valence-electron chi connectivity index (χ1n) is 8.48. The summed E-state index contributed by atoms with van der Waals surface area (Å²) < 4.78 is 5.68. The predicted molar refractivity (Wildman–Crippen MR) is 98.5 cm³/mol. The summed E-state index contributed by atoms with van der Waals surface area (Å²) in [6.07, 6.45) is 4.43. The molecule has 0 saturated carbocycles. The summed E-state index contributed by atoms with van der Waals surface area (Å²) in [6, 6.07) is 20.2. The van der Waals surface area contributed by atoms with E-state index in [0.717, 1.165) is 12.2 Å². The molecule has 0 aliphatic carbocycles. The highest BCUT2D eigenvalue weighted by atomic mass is 16.5. The Bertz CT molecular complexity index is 701. The number of aliphatic hydroxyl groups excluding tert-OH is 1. The van der Waals surface area contributed by atoms with Gasteiger partial charge in [-0.1, -0.05) is 72.8 Å². The molecule has 1 heterocycles. The maximum Gasteiger partial charge on any atom is 0.0824 e. The van der Waals surface area contributed by atoms with Crippen LogP contribution < -0.4 is 0 Å². The van der Waals surface area contributed by atoms with Crippen LogP contribution in [-0.4, -0.2) is 18.3 Å². The fourth-order valence-corrected chi connectivity index (χ4v) is 3.12. The standard InChI is InChI=1S/C22H24O2/c1-17(18-9-4-2-5-10-18)21-16-24-15-20(21)13-8-14-22(23)19-11-6-3-7-12-19/h2-13,20,22-23H,14-16H2,1H3/b13-8+,21-17+. The molecule has 0 radical (unpaired) electrons. The number of benzene rings is 2. The molecule has 0 aromatic heterocycles. The van der Waals surface area contributed by atoms with Crippen molar-refractivity contribution in [1.82, 2.24) is 0 Å². The molecule has 1 aliphatic rings. The Balaban J connectivity index is 1.68. The molecule has 3 rings (SSSR count). The van der Waals surface area contributed by atoms with E-state index in [0.29, 0.717) is 18.9 Å². The van der Waals surface area contributed by atoms with E-state index >= 15 is 0 Å². The van der Waals surface area contributed by atoms with Gasteiger partial charge in [-0.2, -0.15) is 0 Å². The summed E-state index contributed by atoms with van der Waals surface area (Å²) in [5.41, 5.74) is 4.85. The molecule has 2 aromatic rings. The Hall–Kier alpha value is -2.16. The molecule has 0 spiro atoms. The Labute approximate surface area is 144 Å². The van der Waals surface area contributed by atoms with Gasteiger partial charge < -0.3 is 9.84 Å². The van der Waals surface area contributed by atoms with Crippen LogP contribution in [0, 0.1) is 5.92 Å². The highest BCUT2D eigenvalue weighted by Crippen LogP contribution is 2.30. The third kappa shape index (κ3) is 4.02. The second-order valence-electron chi connectivity index (χ2n) is 6.23. The number of allylic oxidation sites excluding steroid dienone is 1. The van der Waals surface area contributed by atoms with Crippen LogP contribution in [0.1, 0.15) is 30.6 Å². The van der Waals surface area contributed by atoms with Gasteiger partial charge in [0.2, 0.25) is 0 Å². The van der Waals surface area contributed by atoms with Gasteiger partial charge in [-0.05, 0) is 35.6 Å². The molecule has 1 N–H and O–H groups in total. The largest absolute Gasteiger partial charge is 0.388 e. The molecule has 1 saturated heterocycles. The molecule has 124 valence electrons. The molecule has 1 aliphatic heterocycles. The first-order valence-corrected chi connectivity index (χ1v) is 8.48. The second-order valence-corrected chi connectivity index (χ2v) is 6.23. The van der Waals surface area contributed by atoms with Gasteiger partial charge >= 0.3 is 0 Å². The average molecular weight is 320 g/mol. The van der Waals surface area contributed by atoms with Crippen LogP contribution in [0.3, 0.4) is 0 Å². The number of aliphatic hydroxyl groups is 1. The summed E-state index contributed by atoms with van der Waals surface area (Å²) in [5.74, 6) is 0.299. The maximum absolute atomic E-state index is 10.3. The fourth-order valence-electron chi connectivity index (χ4n) is 3.12. The van der Waals surface area contributed by atoms with Gasteiger partial charge in [-0.3, -0.25) is 0 Å². The molecule has 2 unspecified atom stereocenters. The highest BCUT2D eigenvalue weighted by Gasteiger charge is 2.21. The lowest BCUT2D eigenvalue weighted by molar-refractivity contribution is 0.181. The molecule has 0 bridgehead atoms. The molecular formula is C22H24O2. The van der Waals surface area contributed by atoms with E-state index in [4.69, 9.17) is 4.74 Å². The predicted octanol–water partition coefficient (Wildman–Crippen LogP) is 4.79. The van der Waals surface area contributed by atoms with Crippen molar-refractivity contribution in [3.8, 4) is 0 Å². The lowest BCUT2D eigenvalue weighted by Crippen LogP contribution is -2.01. The van der Waals surface area contributed by atoms with Crippen molar-refractivity contribution in [1.29, 1.82) is 0 Å². The third-order valence-corrected chi connectivity index (χ3v) is 4.60. The van der Waals surface area contributed by atoms with Crippen molar-refractivity contribution >= 4 is 5.57 Å². The molecular weight excluding hydrogens is 296 g/mol. The molecule has 24 heavy (non-hydrogen) atoms. The molecule has 2 atom stereocenters. The smallest absolute Gasteiger partial charge is 0.0824 e. The van der Waals surface area contributed by atoms with E-state index in [2.05, 4.69) is 43.3 Å². The molecule has 2 nitrogen and oxygen atoms in total. The van der Waals surface area contributed by atoms with E-state index in [-0.39, 0.29) is 0 Å². The monoisotopic (exact) mass is 320 g/mol. The lowest BCUT2D eigenvalue weighted by atomic mass is 9.93. The summed E-state index contributed by atoms with van der Waals surface area (Å²) in [7, 11) is 0. The Morgan fingerprint density at radius 3 is 2.50 bits per heavy atom. The SMILES string of the molecule is C/C(=C1/COCC1/C=C/CC(O)c1ccccc1)c1ccccc1. The van der Waals surface area contributed by atoms with Crippen molar-refractivity contribution in [2.75, 3.05) is 13.2 Å². The van der Waals surface area contributed by atoms with Gasteiger partial charge in [-0.15, -0.1) is 0 Å². The summed E-state index contributed by atoms with van der Waals surface area (Å²) >= 11 is 0. The van der Waals surface area contributed by atoms with Gasteiger partial charge in [0.15, 0.2) is 0 Å². The van der Waals surface area contributed by atoms with E-state index in [1.807, 2.05) is 36.4 Å². The van der Waals surface area contributed by atoms with E-state index < -0.39 is 6.10 Å². The second kappa shape index (κ2) is 8.09. The zero-order valence-corrected chi connectivity index (χ0v) is 14.1. The van der Waals surface area contributed by atoms with Crippen LogP contribution in [0.4, 0.5) is 0 Å². The summed E-state index contributed by atoms with van der Waals surface area (Å²) in [6.45, 7) is 3.58. The van der Waals surface area contributed by atoms with Crippen LogP contribution in [0.15, 0.2) is 78.4 Å². The van der Waals surface area contributed by atoms with Gasteiger partial charge in [0, 0.05) is 5.92 Å². The Kier molecular flexibility index (Phi) is 5.63.